The second-order valence-corrected chi connectivity index (χ2v) is 8.63. The maximum Gasteiger partial charge on any atom is 0.412 e. The molecule has 1 aliphatic rings. The molecule has 0 atom stereocenters. The number of rotatable bonds is 5. The zero-order chi connectivity index (χ0) is 21.7. The first-order valence-electron chi connectivity index (χ1n) is 9.94. The molecule has 160 valence electrons. The van der Waals surface area contributed by atoms with Gasteiger partial charge in [-0.3, -0.25) is 10.1 Å². The Balaban J connectivity index is 1.63. The van der Waals surface area contributed by atoms with E-state index in [4.69, 9.17) is 21.1 Å². The Hall–Kier alpha value is -2.80. The van der Waals surface area contributed by atoms with Gasteiger partial charge < -0.3 is 14.8 Å². The summed E-state index contributed by atoms with van der Waals surface area (Å²) in [6.45, 7) is 5.36. The van der Waals surface area contributed by atoms with Gasteiger partial charge in [0.15, 0.2) is 0 Å². The summed E-state index contributed by atoms with van der Waals surface area (Å²) in [5, 5.41) is 5.80. The quantitative estimate of drug-likeness (QED) is 0.605. The molecule has 2 amide bonds. The largest absolute Gasteiger partial charge is 0.456 e. The number of nitrogens with one attached hydrogen (secondary N) is 2. The van der Waals surface area contributed by atoms with Crippen molar-refractivity contribution in [1.29, 1.82) is 0 Å². The van der Waals surface area contributed by atoms with Crippen LogP contribution in [0.5, 0.6) is 11.5 Å². The Morgan fingerprint density at radius 1 is 1.10 bits per heavy atom. The predicted octanol–water partition coefficient (Wildman–Crippen LogP) is 6.00. The van der Waals surface area contributed by atoms with Crippen LogP contribution in [-0.2, 0) is 9.53 Å². The number of carbonyl (C=O) groups is 2. The molecule has 1 aromatic heterocycles. The summed E-state index contributed by atoms with van der Waals surface area (Å²) < 4.78 is 11.1. The van der Waals surface area contributed by atoms with Gasteiger partial charge >= 0.3 is 6.09 Å². The Kier molecular flexibility index (Phi) is 6.82. The molecule has 1 heterocycles. The van der Waals surface area contributed by atoms with E-state index in [9.17, 15) is 9.59 Å². The highest BCUT2D eigenvalue weighted by Gasteiger charge is 2.23. The maximum absolute atomic E-state index is 12.3. The Labute approximate surface area is 181 Å². The van der Waals surface area contributed by atoms with Crippen molar-refractivity contribution in [3.05, 3.63) is 41.6 Å². The third-order valence-electron chi connectivity index (χ3n) is 4.51. The van der Waals surface area contributed by atoms with Gasteiger partial charge in [-0.05, 0) is 57.9 Å². The predicted molar refractivity (Wildman–Crippen MR) is 116 cm³/mol. The van der Waals surface area contributed by atoms with Gasteiger partial charge in [0.2, 0.25) is 5.91 Å². The van der Waals surface area contributed by atoms with Gasteiger partial charge in [0.25, 0.3) is 0 Å². The van der Waals surface area contributed by atoms with Crippen LogP contribution in [0.15, 0.2) is 36.5 Å². The molecule has 1 fully saturated rings. The highest BCUT2D eigenvalue weighted by atomic mass is 35.5. The molecule has 0 saturated heterocycles. The molecular weight excluding hydrogens is 406 g/mol. The number of anilines is 2. The average molecular weight is 432 g/mol. The fraction of sp³-hybridized carbons (Fsp3) is 0.409. The molecule has 0 spiro atoms. The normalized spacial score (nSPS) is 14.3. The Morgan fingerprint density at radius 2 is 1.83 bits per heavy atom. The van der Waals surface area contributed by atoms with Crippen molar-refractivity contribution in [2.75, 3.05) is 10.6 Å². The molecule has 0 radical (unpaired) electrons. The molecule has 8 heteroatoms. The van der Waals surface area contributed by atoms with Crippen LogP contribution in [0.1, 0.15) is 46.5 Å². The van der Waals surface area contributed by atoms with Gasteiger partial charge in [0.1, 0.15) is 22.9 Å². The number of nitrogens with zero attached hydrogens (tertiary/aromatic N) is 1. The van der Waals surface area contributed by atoms with Crippen LogP contribution in [0.3, 0.4) is 0 Å². The number of halogens is 1. The number of hydrogen-bond donors (Lipinski definition) is 2. The molecule has 2 aromatic rings. The van der Waals surface area contributed by atoms with Crippen molar-refractivity contribution in [2.45, 2.75) is 52.1 Å². The lowest BCUT2D eigenvalue weighted by atomic mass is 10.1. The summed E-state index contributed by atoms with van der Waals surface area (Å²) in [5.74, 6) is 1.37. The fourth-order valence-electron chi connectivity index (χ4n) is 3.17. The number of hydrogen-bond acceptors (Lipinski definition) is 5. The highest BCUT2D eigenvalue weighted by Crippen LogP contribution is 2.32. The van der Waals surface area contributed by atoms with Crippen LogP contribution in [0.2, 0.25) is 5.02 Å². The van der Waals surface area contributed by atoms with E-state index in [1.807, 2.05) is 0 Å². The van der Waals surface area contributed by atoms with Crippen LogP contribution in [-0.4, -0.2) is 22.6 Å². The van der Waals surface area contributed by atoms with Crippen molar-refractivity contribution < 1.29 is 19.1 Å². The second kappa shape index (κ2) is 9.34. The number of aromatic nitrogens is 1. The molecule has 1 aromatic carbocycles. The van der Waals surface area contributed by atoms with Crippen LogP contribution < -0.4 is 15.4 Å². The minimum Gasteiger partial charge on any atom is -0.456 e. The molecule has 1 saturated carbocycles. The number of ether oxygens (including phenoxy) is 2. The van der Waals surface area contributed by atoms with Crippen LogP contribution in [0.25, 0.3) is 0 Å². The smallest absolute Gasteiger partial charge is 0.412 e. The first kappa shape index (κ1) is 21.9. The molecule has 3 rings (SSSR count). The number of amides is 2. The number of benzene rings is 1. The lowest BCUT2D eigenvalue weighted by molar-refractivity contribution is -0.119. The molecule has 0 unspecified atom stereocenters. The van der Waals surface area contributed by atoms with Gasteiger partial charge in [0.05, 0.1) is 5.02 Å². The summed E-state index contributed by atoms with van der Waals surface area (Å²) >= 11 is 6.30. The maximum atomic E-state index is 12.3. The van der Waals surface area contributed by atoms with Crippen molar-refractivity contribution in [3.63, 3.8) is 0 Å². The minimum atomic E-state index is -0.594. The van der Waals surface area contributed by atoms with Crippen molar-refractivity contribution in [2.24, 2.45) is 5.92 Å². The van der Waals surface area contributed by atoms with E-state index in [0.29, 0.717) is 28.0 Å². The van der Waals surface area contributed by atoms with Gasteiger partial charge in [-0.15, -0.1) is 0 Å². The lowest BCUT2D eigenvalue weighted by Gasteiger charge is -2.19. The van der Waals surface area contributed by atoms with E-state index in [1.54, 1.807) is 57.3 Å². The molecular formula is C22H26ClN3O4. The van der Waals surface area contributed by atoms with E-state index in [0.717, 1.165) is 25.7 Å². The topological polar surface area (TPSA) is 89.6 Å². The van der Waals surface area contributed by atoms with Gasteiger partial charge in [-0.1, -0.05) is 24.4 Å². The van der Waals surface area contributed by atoms with Gasteiger partial charge in [-0.25, -0.2) is 9.78 Å². The Bertz CT molecular complexity index is 921. The summed E-state index contributed by atoms with van der Waals surface area (Å²) in [4.78, 5) is 28.4. The van der Waals surface area contributed by atoms with E-state index in [-0.39, 0.29) is 11.8 Å². The molecule has 30 heavy (non-hydrogen) atoms. The van der Waals surface area contributed by atoms with Crippen LogP contribution in [0, 0.1) is 5.92 Å². The molecule has 2 N–H and O–H groups in total. The van der Waals surface area contributed by atoms with Crippen molar-refractivity contribution in [1.82, 2.24) is 4.98 Å². The first-order valence-corrected chi connectivity index (χ1v) is 10.3. The van der Waals surface area contributed by atoms with E-state index >= 15 is 0 Å². The summed E-state index contributed by atoms with van der Waals surface area (Å²) in [6.07, 6.45) is 5.01. The second-order valence-electron chi connectivity index (χ2n) is 8.22. The zero-order valence-electron chi connectivity index (χ0n) is 17.3. The number of pyridine rings is 1. The van der Waals surface area contributed by atoms with Crippen LogP contribution in [0.4, 0.5) is 16.3 Å². The van der Waals surface area contributed by atoms with E-state index < -0.39 is 11.7 Å². The monoisotopic (exact) mass is 431 g/mol. The molecule has 7 nitrogen and oxygen atoms in total. The first-order chi connectivity index (χ1) is 14.2. The highest BCUT2D eigenvalue weighted by molar-refractivity contribution is 6.32. The van der Waals surface area contributed by atoms with Gasteiger partial charge in [-0.2, -0.15) is 0 Å². The Morgan fingerprint density at radius 3 is 2.50 bits per heavy atom. The van der Waals surface area contributed by atoms with Crippen LogP contribution >= 0.6 is 11.6 Å². The van der Waals surface area contributed by atoms with Crippen molar-refractivity contribution >= 4 is 35.1 Å². The van der Waals surface area contributed by atoms with E-state index in [1.165, 1.54) is 0 Å². The minimum absolute atomic E-state index is 0.00671. The molecule has 0 aliphatic heterocycles. The summed E-state index contributed by atoms with van der Waals surface area (Å²) in [7, 11) is 0. The van der Waals surface area contributed by atoms with Crippen molar-refractivity contribution in [3.8, 4) is 11.5 Å². The summed E-state index contributed by atoms with van der Waals surface area (Å²) in [6, 6.07) is 8.20. The lowest BCUT2D eigenvalue weighted by Crippen LogP contribution is -2.27. The van der Waals surface area contributed by atoms with Gasteiger partial charge in [0, 0.05) is 23.9 Å². The standard InChI is InChI=1S/C22H26ClN3O4/c1-22(2,3)30-21(28)25-15-8-9-18(17(23)12-15)29-16-10-11-24-19(13-16)26-20(27)14-6-4-5-7-14/h8-14H,4-7H2,1-3H3,(H,25,28)(H,24,26,27). The number of carbonyl (C=O) groups excluding carboxylic acids is 2. The fourth-order valence-corrected chi connectivity index (χ4v) is 3.39. The SMILES string of the molecule is CC(C)(C)OC(=O)Nc1ccc(Oc2ccnc(NC(=O)C3CCCC3)c2)c(Cl)c1. The molecule has 1 aliphatic carbocycles. The summed E-state index contributed by atoms with van der Waals surface area (Å²) in [5.41, 5.74) is -0.107. The van der Waals surface area contributed by atoms with E-state index in [2.05, 4.69) is 15.6 Å². The molecule has 0 bridgehead atoms. The third-order valence-corrected chi connectivity index (χ3v) is 4.81. The third kappa shape index (κ3) is 6.35. The zero-order valence-corrected chi connectivity index (χ0v) is 18.1. The average Bonchev–Trinajstić information content (AvgIpc) is 3.17.